The Labute approximate surface area is 103 Å². The second-order valence-electron chi connectivity index (χ2n) is 5.05. The van der Waals surface area contributed by atoms with Gasteiger partial charge in [-0.25, -0.2) is 0 Å². The fourth-order valence-corrected chi connectivity index (χ4v) is 2.50. The summed E-state index contributed by atoms with van der Waals surface area (Å²) in [6.07, 6.45) is 2.13. The molecule has 0 atom stereocenters. The molecule has 0 saturated heterocycles. The van der Waals surface area contributed by atoms with Crippen LogP contribution in [0.5, 0.6) is 0 Å². The molecule has 0 amide bonds. The molecule has 0 unspecified atom stereocenters. The lowest BCUT2D eigenvalue weighted by Crippen LogP contribution is -2.08. The van der Waals surface area contributed by atoms with Crippen molar-refractivity contribution in [2.75, 3.05) is 6.54 Å². The second kappa shape index (κ2) is 4.92. The first-order chi connectivity index (χ1) is 8.13. The Bertz CT molecular complexity index is 509. The number of hydrogen-bond donors (Lipinski definition) is 1. The van der Waals surface area contributed by atoms with E-state index in [4.69, 9.17) is 5.73 Å². The maximum atomic E-state index is 5.61. The molecule has 2 heteroatoms. The number of aryl methyl sites for hydroxylation is 2. The minimum absolute atomic E-state index is 0.503. The van der Waals surface area contributed by atoms with Crippen molar-refractivity contribution in [1.82, 2.24) is 4.57 Å². The van der Waals surface area contributed by atoms with Crippen LogP contribution in [0.2, 0.25) is 0 Å². The van der Waals surface area contributed by atoms with Gasteiger partial charge in [0.2, 0.25) is 0 Å². The molecular formula is C15H22N2. The standard InChI is InChI=1S/C15H22N2/c1-11(2)17-14(5-4-8-16)10-13-9-12(3)6-7-15(13)17/h6-7,9-11H,4-5,8,16H2,1-3H3. The summed E-state index contributed by atoms with van der Waals surface area (Å²) in [5, 5.41) is 1.35. The van der Waals surface area contributed by atoms with E-state index in [-0.39, 0.29) is 0 Å². The van der Waals surface area contributed by atoms with Gasteiger partial charge in [-0.2, -0.15) is 0 Å². The summed E-state index contributed by atoms with van der Waals surface area (Å²) in [6, 6.07) is 9.51. The first kappa shape index (κ1) is 12.2. The van der Waals surface area contributed by atoms with Crippen molar-refractivity contribution in [2.24, 2.45) is 5.73 Å². The first-order valence-corrected chi connectivity index (χ1v) is 6.44. The van der Waals surface area contributed by atoms with Crippen LogP contribution in [0.3, 0.4) is 0 Å². The largest absolute Gasteiger partial charge is 0.342 e. The van der Waals surface area contributed by atoms with Crippen LogP contribution >= 0.6 is 0 Å². The molecule has 0 fully saturated rings. The maximum Gasteiger partial charge on any atom is 0.0485 e. The molecule has 2 N–H and O–H groups in total. The number of fused-ring (bicyclic) bond motifs is 1. The van der Waals surface area contributed by atoms with E-state index in [0.29, 0.717) is 6.04 Å². The van der Waals surface area contributed by atoms with Crippen molar-refractivity contribution < 1.29 is 0 Å². The van der Waals surface area contributed by atoms with E-state index < -0.39 is 0 Å². The van der Waals surface area contributed by atoms with E-state index in [9.17, 15) is 0 Å². The Morgan fingerprint density at radius 1 is 1.24 bits per heavy atom. The van der Waals surface area contributed by atoms with Crippen molar-refractivity contribution in [3.05, 3.63) is 35.5 Å². The van der Waals surface area contributed by atoms with E-state index in [0.717, 1.165) is 19.4 Å². The van der Waals surface area contributed by atoms with Crippen molar-refractivity contribution in [3.63, 3.8) is 0 Å². The lowest BCUT2D eigenvalue weighted by molar-refractivity contribution is 0.587. The summed E-state index contributed by atoms with van der Waals surface area (Å²) in [5.74, 6) is 0. The van der Waals surface area contributed by atoms with E-state index in [1.54, 1.807) is 0 Å². The number of benzene rings is 1. The van der Waals surface area contributed by atoms with Gasteiger partial charge >= 0.3 is 0 Å². The Morgan fingerprint density at radius 3 is 2.65 bits per heavy atom. The molecule has 0 bridgehead atoms. The molecule has 0 spiro atoms. The highest BCUT2D eigenvalue weighted by Gasteiger charge is 2.10. The Morgan fingerprint density at radius 2 is 2.00 bits per heavy atom. The van der Waals surface area contributed by atoms with Crippen LogP contribution in [0.15, 0.2) is 24.3 Å². The van der Waals surface area contributed by atoms with Gasteiger partial charge in [0.15, 0.2) is 0 Å². The van der Waals surface area contributed by atoms with Gasteiger partial charge in [-0.15, -0.1) is 0 Å². The molecule has 1 aromatic carbocycles. The highest BCUT2D eigenvalue weighted by atomic mass is 15.0. The van der Waals surface area contributed by atoms with Crippen LogP contribution in [0.1, 0.15) is 37.6 Å². The van der Waals surface area contributed by atoms with E-state index in [2.05, 4.69) is 49.6 Å². The molecule has 2 rings (SSSR count). The Hall–Kier alpha value is -1.28. The van der Waals surface area contributed by atoms with Gasteiger partial charge < -0.3 is 10.3 Å². The molecule has 0 saturated carbocycles. The Balaban J connectivity index is 2.53. The van der Waals surface area contributed by atoms with E-state index >= 15 is 0 Å². The molecule has 0 aliphatic heterocycles. The van der Waals surface area contributed by atoms with E-state index in [1.807, 2.05) is 0 Å². The van der Waals surface area contributed by atoms with Gasteiger partial charge in [-0.1, -0.05) is 11.6 Å². The molecule has 92 valence electrons. The van der Waals surface area contributed by atoms with Gasteiger partial charge in [-0.05, 0) is 58.4 Å². The van der Waals surface area contributed by atoms with Crippen molar-refractivity contribution in [3.8, 4) is 0 Å². The summed E-state index contributed by atoms with van der Waals surface area (Å²) >= 11 is 0. The normalized spacial score (nSPS) is 11.6. The van der Waals surface area contributed by atoms with Gasteiger partial charge in [0.25, 0.3) is 0 Å². The minimum atomic E-state index is 0.503. The highest BCUT2D eigenvalue weighted by Crippen LogP contribution is 2.25. The third kappa shape index (κ3) is 2.37. The van der Waals surface area contributed by atoms with Crippen LogP contribution < -0.4 is 5.73 Å². The molecule has 1 aromatic heterocycles. The fraction of sp³-hybridized carbons (Fsp3) is 0.467. The predicted octanol–water partition coefficient (Wildman–Crippen LogP) is 3.42. The van der Waals surface area contributed by atoms with E-state index in [1.165, 1.54) is 22.2 Å². The van der Waals surface area contributed by atoms with Gasteiger partial charge in [0, 0.05) is 22.6 Å². The monoisotopic (exact) mass is 230 g/mol. The minimum Gasteiger partial charge on any atom is -0.342 e. The lowest BCUT2D eigenvalue weighted by atomic mass is 10.1. The van der Waals surface area contributed by atoms with Crippen molar-refractivity contribution >= 4 is 10.9 Å². The number of rotatable bonds is 4. The molecule has 0 aliphatic carbocycles. The van der Waals surface area contributed by atoms with Crippen LogP contribution in [0.25, 0.3) is 10.9 Å². The third-order valence-electron chi connectivity index (χ3n) is 3.23. The smallest absolute Gasteiger partial charge is 0.0485 e. The van der Waals surface area contributed by atoms with Crippen LogP contribution in [-0.4, -0.2) is 11.1 Å². The van der Waals surface area contributed by atoms with Gasteiger partial charge in [-0.3, -0.25) is 0 Å². The fourth-order valence-electron chi connectivity index (χ4n) is 2.50. The number of aromatic nitrogens is 1. The Kier molecular flexibility index (Phi) is 3.53. The molecule has 1 heterocycles. The zero-order valence-corrected chi connectivity index (χ0v) is 11.0. The SMILES string of the molecule is Cc1ccc2c(c1)cc(CCCN)n2C(C)C. The lowest BCUT2D eigenvalue weighted by Gasteiger charge is -2.14. The average molecular weight is 230 g/mol. The summed E-state index contributed by atoms with van der Waals surface area (Å²) in [5.41, 5.74) is 9.69. The van der Waals surface area contributed by atoms with Gasteiger partial charge in [0.1, 0.15) is 0 Å². The zero-order chi connectivity index (χ0) is 12.4. The average Bonchev–Trinajstić information content (AvgIpc) is 2.63. The second-order valence-corrected chi connectivity index (χ2v) is 5.05. The van der Waals surface area contributed by atoms with Gasteiger partial charge in [0.05, 0.1) is 0 Å². The molecule has 0 radical (unpaired) electrons. The zero-order valence-electron chi connectivity index (χ0n) is 11.0. The number of nitrogens with zero attached hydrogens (tertiary/aromatic N) is 1. The predicted molar refractivity (Wildman–Crippen MR) is 74.4 cm³/mol. The van der Waals surface area contributed by atoms with Crippen molar-refractivity contribution in [1.29, 1.82) is 0 Å². The summed E-state index contributed by atoms with van der Waals surface area (Å²) in [6.45, 7) is 7.39. The number of hydrogen-bond acceptors (Lipinski definition) is 1. The third-order valence-corrected chi connectivity index (χ3v) is 3.23. The highest BCUT2D eigenvalue weighted by molar-refractivity contribution is 5.82. The topological polar surface area (TPSA) is 30.9 Å². The molecule has 0 aliphatic rings. The molecular weight excluding hydrogens is 208 g/mol. The van der Waals surface area contributed by atoms with Crippen LogP contribution in [0, 0.1) is 6.92 Å². The van der Waals surface area contributed by atoms with Crippen molar-refractivity contribution in [2.45, 2.75) is 39.7 Å². The number of nitrogens with two attached hydrogens (primary N) is 1. The maximum absolute atomic E-state index is 5.61. The van der Waals surface area contributed by atoms with Crippen LogP contribution in [0.4, 0.5) is 0 Å². The molecule has 2 nitrogen and oxygen atoms in total. The molecule has 17 heavy (non-hydrogen) atoms. The summed E-state index contributed by atoms with van der Waals surface area (Å²) in [7, 11) is 0. The summed E-state index contributed by atoms with van der Waals surface area (Å²) in [4.78, 5) is 0. The first-order valence-electron chi connectivity index (χ1n) is 6.44. The quantitative estimate of drug-likeness (QED) is 0.857. The van der Waals surface area contributed by atoms with Crippen LogP contribution in [-0.2, 0) is 6.42 Å². The summed E-state index contributed by atoms with van der Waals surface area (Å²) < 4.78 is 2.43. The molecule has 2 aromatic rings.